The zero-order chi connectivity index (χ0) is 36.8. The van der Waals surface area contributed by atoms with Crippen LogP contribution in [0.15, 0.2) is 73.0 Å². The number of oxime groups is 1. The minimum atomic E-state index is -4.22. The van der Waals surface area contributed by atoms with Crippen molar-refractivity contribution in [3.63, 3.8) is 0 Å². The lowest BCUT2D eigenvalue weighted by Gasteiger charge is -2.49. The van der Waals surface area contributed by atoms with Crippen molar-refractivity contribution >= 4 is 85.1 Å². The summed E-state index contributed by atoms with van der Waals surface area (Å²) in [6.45, 7) is 1.75. The van der Waals surface area contributed by atoms with Crippen LogP contribution in [0.5, 0.6) is 11.5 Å². The molecule has 0 spiro atoms. The van der Waals surface area contributed by atoms with Crippen LogP contribution >= 0.6 is 34.9 Å². The maximum Gasteiger partial charge on any atom is 0.352 e. The van der Waals surface area contributed by atoms with Gasteiger partial charge in [-0.2, -0.15) is 0 Å². The number of thioether (sulfide) groups is 2. The number of hydrazine groups is 2. The Morgan fingerprint density at radius 3 is 2.69 bits per heavy atom. The Balaban J connectivity index is 1.15. The number of nitrogen functional groups attached to an aromatic ring is 1. The number of fused-ring (bicyclic) bond motifs is 2. The number of urea groups is 1. The molecule has 9 N–H and O–H groups in total. The van der Waals surface area contributed by atoms with Crippen LogP contribution in [0.1, 0.15) is 12.6 Å². The highest BCUT2D eigenvalue weighted by atomic mass is 32.2. The van der Waals surface area contributed by atoms with E-state index >= 15 is 0 Å². The molecule has 2 atom stereocenters. The van der Waals surface area contributed by atoms with Gasteiger partial charge in [-0.3, -0.25) is 14.5 Å². The second kappa shape index (κ2) is 13.8. The number of aliphatic imine (C=N–C) groups is 1. The van der Waals surface area contributed by atoms with Gasteiger partial charge in [0.25, 0.3) is 11.8 Å². The first-order chi connectivity index (χ1) is 24.1. The molecular weight excluding hydrogens is 753 g/mol. The van der Waals surface area contributed by atoms with Gasteiger partial charge in [0.15, 0.2) is 28.2 Å². The van der Waals surface area contributed by atoms with Crippen LogP contribution in [0, 0.1) is 0 Å². The Kier molecular flexibility index (Phi) is 9.60. The molecule has 0 bridgehead atoms. The van der Waals surface area contributed by atoms with Crippen molar-refractivity contribution in [1.29, 1.82) is 0 Å². The number of carbonyl (C=O) groups excluding carboxylic acids is 3. The fourth-order valence-electron chi connectivity index (χ4n) is 4.97. The number of β-lactam (4-membered cyclic amide) rings is 1. The number of aromatic nitrogens is 1. The number of carbonyl (C=O) groups is 4. The van der Waals surface area contributed by atoms with Crippen LogP contribution in [-0.4, -0.2) is 108 Å². The highest BCUT2D eigenvalue weighted by molar-refractivity contribution is 8.03. The van der Waals surface area contributed by atoms with E-state index in [9.17, 15) is 42.9 Å². The summed E-state index contributed by atoms with van der Waals surface area (Å²) in [6.07, 6.45) is 3.14. The van der Waals surface area contributed by atoms with E-state index in [1.54, 1.807) is 13.0 Å². The predicted octanol–water partition coefficient (Wildman–Crippen LogP) is -0.00890. The van der Waals surface area contributed by atoms with E-state index in [-0.39, 0.29) is 28.0 Å². The number of allylic oxidation sites excluding steroid dienone is 1. The molecule has 1 fully saturated rings. The van der Waals surface area contributed by atoms with Gasteiger partial charge in [-0.1, -0.05) is 5.16 Å². The first-order valence-corrected chi connectivity index (χ1v) is 18.8. The smallest absolute Gasteiger partial charge is 0.352 e. The summed E-state index contributed by atoms with van der Waals surface area (Å²) in [6, 6.07) is 0.870. The number of nitrogens with two attached hydrogens (primary N) is 2. The third-order valence-electron chi connectivity index (χ3n) is 7.34. The first kappa shape index (κ1) is 35.5. The fourth-order valence-corrected chi connectivity index (χ4v) is 8.96. The number of thiazole rings is 1. The summed E-state index contributed by atoms with van der Waals surface area (Å²) in [5, 5.41) is 39.2. The Labute approximate surface area is 300 Å². The van der Waals surface area contributed by atoms with Gasteiger partial charge in [0.1, 0.15) is 22.8 Å². The molecule has 4 aliphatic heterocycles. The SMILES string of the molecule is CC1=NC2=CN(C(N)=O)NN2C(SCC2=C(C(=O)O)N3C(=O)[C@@H](NC(=O)C(=NOCS(=O)(=O)c4ccc(O)c(O)c4)c4csc(N)n4)[C@H]3SC2)=C1. The lowest BCUT2D eigenvalue weighted by atomic mass is 10.0. The average molecular weight is 779 g/mol. The Bertz CT molecular complexity index is 2130. The highest BCUT2D eigenvalue weighted by Gasteiger charge is 2.54. The van der Waals surface area contributed by atoms with Crippen LogP contribution in [-0.2, 0) is 29.1 Å². The number of benzene rings is 1. The summed E-state index contributed by atoms with van der Waals surface area (Å²) in [4.78, 5) is 65.0. The summed E-state index contributed by atoms with van der Waals surface area (Å²) in [5.74, 6) is -4.59. The molecule has 5 heterocycles. The van der Waals surface area contributed by atoms with Crippen molar-refractivity contribution in [2.24, 2.45) is 15.9 Å². The van der Waals surface area contributed by atoms with Gasteiger partial charge in [0.05, 0.1) is 16.1 Å². The zero-order valence-electron chi connectivity index (χ0n) is 25.9. The molecule has 51 heavy (non-hydrogen) atoms. The first-order valence-electron chi connectivity index (χ1n) is 14.3. The molecule has 0 radical (unpaired) electrons. The molecule has 1 aromatic heterocycles. The number of sulfone groups is 1. The quantitative estimate of drug-likeness (QED) is 0.0683. The third kappa shape index (κ3) is 7.03. The molecule has 0 unspecified atom stereocenters. The number of hydrogen-bond acceptors (Lipinski definition) is 18. The van der Waals surface area contributed by atoms with E-state index in [1.807, 2.05) is 0 Å². The van der Waals surface area contributed by atoms with Crippen molar-refractivity contribution in [3.05, 3.63) is 63.7 Å². The molecule has 6 rings (SSSR count). The molecule has 2 aromatic rings. The number of aliphatic carboxylic acids is 1. The summed E-state index contributed by atoms with van der Waals surface area (Å²) in [7, 11) is -4.22. The number of carboxylic acids is 1. The summed E-state index contributed by atoms with van der Waals surface area (Å²) in [5.41, 5.74) is 14.1. The molecule has 1 aromatic carbocycles. The Hall–Kier alpha value is -5.30. The lowest BCUT2D eigenvalue weighted by molar-refractivity contribution is -0.150. The van der Waals surface area contributed by atoms with Crippen molar-refractivity contribution < 1.29 is 47.8 Å². The molecule has 0 saturated carbocycles. The molecule has 4 amide bonds. The van der Waals surface area contributed by atoms with Crippen molar-refractivity contribution in [3.8, 4) is 11.5 Å². The minimum absolute atomic E-state index is 0.0532. The number of anilines is 1. The number of phenolic OH excluding ortho intramolecular Hbond substituents is 2. The second-order valence-corrected chi connectivity index (χ2v) is 15.7. The topological polar surface area (TPSA) is 296 Å². The van der Waals surface area contributed by atoms with E-state index in [0.29, 0.717) is 22.1 Å². The van der Waals surface area contributed by atoms with E-state index in [1.165, 1.54) is 40.1 Å². The highest BCUT2D eigenvalue weighted by Crippen LogP contribution is 2.42. The van der Waals surface area contributed by atoms with Gasteiger partial charge in [-0.05, 0) is 30.7 Å². The normalized spacial score (nSPS) is 20.2. The third-order valence-corrected chi connectivity index (χ3v) is 11.8. The van der Waals surface area contributed by atoms with Crippen molar-refractivity contribution in [1.82, 2.24) is 30.8 Å². The number of primary amides is 1. The van der Waals surface area contributed by atoms with Crippen LogP contribution in [0.25, 0.3) is 0 Å². The van der Waals surface area contributed by atoms with Gasteiger partial charge >= 0.3 is 12.0 Å². The van der Waals surface area contributed by atoms with Gasteiger partial charge in [-0.15, -0.1) is 40.4 Å². The standard InChI is InChI=1S/C27H26N10O10S4/c1-11-4-18(37-17(30-11)6-35(34-37)27(29)44)48-7-12-8-49-24-20(23(41)36(24)21(12)25(42)43)32-22(40)19(14-9-50-26(28)31-14)33-47-10-51(45,46)13-2-3-15(38)16(39)5-13/h2-6,9,20,24,34,38-39H,7-8,10H2,1H3,(H2,28,31)(H2,29,44)(H,32,40)(H,42,43)/t20-,24-/m1/s1. The monoisotopic (exact) mass is 778 g/mol. The number of amides is 4. The maximum absolute atomic E-state index is 13.4. The Morgan fingerprint density at radius 2 is 2.02 bits per heavy atom. The maximum atomic E-state index is 13.4. The van der Waals surface area contributed by atoms with E-state index in [2.05, 4.69) is 26.0 Å². The summed E-state index contributed by atoms with van der Waals surface area (Å²) >= 11 is 3.42. The van der Waals surface area contributed by atoms with Gasteiger partial charge in [0, 0.05) is 28.7 Å². The van der Waals surface area contributed by atoms with E-state index in [4.69, 9.17) is 16.3 Å². The predicted molar refractivity (Wildman–Crippen MR) is 184 cm³/mol. The molecule has 24 heteroatoms. The van der Waals surface area contributed by atoms with Crippen molar-refractivity contribution in [2.75, 3.05) is 23.2 Å². The molecule has 20 nitrogen and oxygen atoms in total. The van der Waals surface area contributed by atoms with Crippen LogP contribution in [0.3, 0.4) is 0 Å². The number of phenols is 2. The van der Waals surface area contributed by atoms with Gasteiger partial charge < -0.3 is 36.9 Å². The second-order valence-electron chi connectivity index (χ2n) is 10.8. The number of carboxylic acid groups (broad SMARTS) is 1. The lowest BCUT2D eigenvalue weighted by Crippen LogP contribution is -2.71. The number of aromatic hydroxyl groups is 2. The summed E-state index contributed by atoms with van der Waals surface area (Å²) < 4.78 is 25.4. The average Bonchev–Trinajstić information content (AvgIpc) is 3.71. The van der Waals surface area contributed by atoms with Crippen LogP contribution < -0.4 is 22.3 Å². The number of hydrogen-bond donors (Lipinski definition) is 7. The number of nitrogens with zero attached hydrogens (tertiary/aromatic N) is 6. The number of nitrogens with one attached hydrogen (secondary N) is 2. The van der Waals surface area contributed by atoms with Crippen molar-refractivity contribution in [2.45, 2.75) is 23.2 Å². The number of rotatable bonds is 11. The molecule has 4 aliphatic rings. The molecule has 0 aliphatic carbocycles. The largest absolute Gasteiger partial charge is 0.504 e. The van der Waals surface area contributed by atoms with E-state index < -0.39 is 73.1 Å². The van der Waals surface area contributed by atoms with E-state index in [0.717, 1.165) is 39.4 Å². The molecule has 1 saturated heterocycles. The van der Waals surface area contributed by atoms with Gasteiger partial charge in [-0.25, -0.2) is 38.0 Å². The zero-order valence-corrected chi connectivity index (χ0v) is 29.2. The van der Waals surface area contributed by atoms with Gasteiger partial charge in [0.2, 0.25) is 15.8 Å². The van der Waals surface area contributed by atoms with Crippen LogP contribution in [0.4, 0.5) is 9.93 Å². The molecule has 268 valence electrons. The Morgan fingerprint density at radius 1 is 1.25 bits per heavy atom. The fraction of sp³-hybridized carbons (Fsp3) is 0.222. The molecular formula is C27H26N10O10S4. The van der Waals surface area contributed by atoms with Crippen LogP contribution in [0.2, 0.25) is 0 Å². The minimum Gasteiger partial charge on any atom is -0.504 e.